The summed E-state index contributed by atoms with van der Waals surface area (Å²) in [6, 6.07) is 20.4. The van der Waals surface area contributed by atoms with Crippen molar-refractivity contribution in [1.29, 1.82) is 0 Å². The minimum Gasteiger partial charge on any atom is -0.340 e. The van der Waals surface area contributed by atoms with Gasteiger partial charge in [-0.05, 0) is 68.2 Å². The van der Waals surface area contributed by atoms with E-state index in [4.69, 9.17) is 0 Å². The van der Waals surface area contributed by atoms with Gasteiger partial charge in [-0.15, -0.1) is 0 Å². The van der Waals surface area contributed by atoms with E-state index < -0.39 is 10.0 Å². The quantitative estimate of drug-likeness (QED) is 0.334. The van der Waals surface area contributed by atoms with Crippen LogP contribution in [0.3, 0.4) is 0 Å². The molecular weight excluding hydrogens is 459 g/mol. The van der Waals surface area contributed by atoms with Crippen molar-refractivity contribution in [3.05, 3.63) is 107 Å². The number of nitrogens with zero attached hydrogens (tertiary/aromatic N) is 2. The highest BCUT2D eigenvalue weighted by atomic mass is 32.2. The first-order valence-electron chi connectivity index (χ1n) is 11.8. The molecular formula is C29H29FN2O2S. The molecule has 6 heteroatoms. The van der Waals surface area contributed by atoms with E-state index in [1.807, 2.05) is 50.3 Å². The number of aryl methyl sites for hydroxylation is 2. The maximum Gasteiger partial charge on any atom is 0.243 e. The summed E-state index contributed by atoms with van der Waals surface area (Å²) < 4.78 is 44.3. The lowest BCUT2D eigenvalue weighted by Gasteiger charge is -2.27. The summed E-state index contributed by atoms with van der Waals surface area (Å²) in [5.74, 6) is -0.239. The molecule has 180 valence electrons. The molecule has 0 saturated heterocycles. The Morgan fingerprint density at radius 1 is 0.943 bits per heavy atom. The SMILES string of the molecule is Cc1ccc(S(=O)(=O)N2CC=C(c3c(C)n(Cc4cccc(F)c4)c4ccccc34)CC2)c(C)c1. The lowest BCUT2D eigenvalue weighted by molar-refractivity contribution is 0.441. The third-order valence-electron chi connectivity index (χ3n) is 6.90. The van der Waals surface area contributed by atoms with Crippen molar-refractivity contribution >= 4 is 26.5 Å². The fraction of sp³-hybridized carbons (Fsp3) is 0.241. The summed E-state index contributed by atoms with van der Waals surface area (Å²) >= 11 is 0. The van der Waals surface area contributed by atoms with Crippen molar-refractivity contribution in [1.82, 2.24) is 8.87 Å². The molecule has 0 saturated carbocycles. The Morgan fingerprint density at radius 2 is 1.74 bits per heavy atom. The Balaban J connectivity index is 1.49. The Morgan fingerprint density at radius 3 is 2.46 bits per heavy atom. The number of rotatable bonds is 5. The molecule has 4 aromatic rings. The smallest absolute Gasteiger partial charge is 0.243 e. The molecule has 1 aromatic heterocycles. The van der Waals surface area contributed by atoms with E-state index >= 15 is 0 Å². The van der Waals surface area contributed by atoms with Crippen LogP contribution >= 0.6 is 0 Å². The number of aromatic nitrogens is 1. The van der Waals surface area contributed by atoms with Crippen molar-refractivity contribution in [2.75, 3.05) is 13.1 Å². The van der Waals surface area contributed by atoms with Gasteiger partial charge in [0, 0.05) is 41.8 Å². The van der Waals surface area contributed by atoms with Crippen LogP contribution in [0.1, 0.15) is 34.4 Å². The van der Waals surface area contributed by atoms with E-state index in [-0.39, 0.29) is 5.82 Å². The summed E-state index contributed by atoms with van der Waals surface area (Å²) in [6.07, 6.45) is 2.69. The van der Waals surface area contributed by atoms with Crippen LogP contribution in [0.2, 0.25) is 0 Å². The second-order valence-electron chi connectivity index (χ2n) is 9.30. The number of benzene rings is 3. The second kappa shape index (κ2) is 9.10. The van der Waals surface area contributed by atoms with E-state index in [2.05, 4.69) is 23.6 Å². The fourth-order valence-corrected chi connectivity index (χ4v) is 6.77. The fourth-order valence-electron chi connectivity index (χ4n) is 5.18. The Bertz CT molecular complexity index is 1570. The minimum atomic E-state index is -3.56. The van der Waals surface area contributed by atoms with Crippen LogP contribution in [0.5, 0.6) is 0 Å². The van der Waals surface area contributed by atoms with E-state index in [1.54, 1.807) is 22.5 Å². The minimum absolute atomic E-state index is 0.239. The van der Waals surface area contributed by atoms with Crippen molar-refractivity contribution in [2.45, 2.75) is 38.6 Å². The van der Waals surface area contributed by atoms with Crippen LogP contribution in [0.15, 0.2) is 77.7 Å². The molecule has 0 spiro atoms. The van der Waals surface area contributed by atoms with Crippen molar-refractivity contribution in [2.24, 2.45) is 0 Å². The third kappa shape index (κ3) is 4.32. The molecule has 0 fully saturated rings. The number of halogens is 1. The van der Waals surface area contributed by atoms with Crippen LogP contribution in [0, 0.1) is 26.6 Å². The van der Waals surface area contributed by atoms with E-state index in [0.717, 1.165) is 44.4 Å². The largest absolute Gasteiger partial charge is 0.340 e. The van der Waals surface area contributed by atoms with Gasteiger partial charge in [-0.1, -0.05) is 54.1 Å². The standard InChI is InChI=1S/C29H29FN2O2S/c1-20-11-12-28(21(2)17-20)35(33,34)31-15-13-24(14-16-31)29-22(3)32(27-10-5-4-9-26(27)29)19-23-7-6-8-25(30)18-23/h4-13,17-18H,14-16,19H2,1-3H3. The first kappa shape index (κ1) is 23.5. The van der Waals surface area contributed by atoms with Gasteiger partial charge in [0.15, 0.2) is 0 Å². The van der Waals surface area contributed by atoms with Crippen LogP contribution in [0.4, 0.5) is 4.39 Å². The maximum absolute atomic E-state index is 13.8. The lowest BCUT2D eigenvalue weighted by Crippen LogP contribution is -2.35. The highest BCUT2D eigenvalue weighted by Crippen LogP contribution is 2.36. The van der Waals surface area contributed by atoms with E-state index in [0.29, 0.717) is 31.0 Å². The maximum atomic E-state index is 13.8. The first-order valence-corrected chi connectivity index (χ1v) is 13.3. The zero-order valence-electron chi connectivity index (χ0n) is 20.3. The second-order valence-corrected chi connectivity index (χ2v) is 11.2. The molecule has 35 heavy (non-hydrogen) atoms. The molecule has 0 aliphatic carbocycles. The lowest BCUT2D eigenvalue weighted by atomic mass is 9.97. The van der Waals surface area contributed by atoms with Crippen LogP contribution < -0.4 is 0 Å². The third-order valence-corrected chi connectivity index (χ3v) is 8.93. The van der Waals surface area contributed by atoms with E-state index in [9.17, 15) is 12.8 Å². The monoisotopic (exact) mass is 488 g/mol. The molecule has 3 aromatic carbocycles. The summed E-state index contributed by atoms with van der Waals surface area (Å²) in [5.41, 5.74) is 7.24. The number of fused-ring (bicyclic) bond motifs is 1. The highest BCUT2D eigenvalue weighted by molar-refractivity contribution is 7.89. The summed E-state index contributed by atoms with van der Waals surface area (Å²) in [5, 5.41) is 1.14. The van der Waals surface area contributed by atoms with Crippen LogP contribution in [0.25, 0.3) is 16.5 Å². The molecule has 0 unspecified atom stereocenters. The molecule has 2 heterocycles. The first-order chi connectivity index (χ1) is 16.8. The van der Waals surface area contributed by atoms with Crippen molar-refractivity contribution in [3.8, 4) is 0 Å². The van der Waals surface area contributed by atoms with Gasteiger partial charge < -0.3 is 4.57 Å². The average molecular weight is 489 g/mol. The molecule has 1 aliphatic rings. The number of hydrogen-bond acceptors (Lipinski definition) is 2. The van der Waals surface area contributed by atoms with Crippen molar-refractivity contribution in [3.63, 3.8) is 0 Å². The van der Waals surface area contributed by atoms with E-state index in [1.165, 1.54) is 6.07 Å². The summed E-state index contributed by atoms with van der Waals surface area (Å²) in [4.78, 5) is 0.378. The van der Waals surface area contributed by atoms with Gasteiger partial charge in [0.25, 0.3) is 0 Å². The zero-order valence-corrected chi connectivity index (χ0v) is 21.1. The van der Waals surface area contributed by atoms with Gasteiger partial charge in [0.05, 0.1) is 4.90 Å². The zero-order chi connectivity index (χ0) is 24.7. The van der Waals surface area contributed by atoms with Gasteiger partial charge in [-0.25, -0.2) is 12.8 Å². The van der Waals surface area contributed by atoms with Crippen molar-refractivity contribution < 1.29 is 12.8 Å². The van der Waals surface area contributed by atoms with Gasteiger partial charge in [0.2, 0.25) is 10.0 Å². The Kier molecular flexibility index (Phi) is 6.11. The topological polar surface area (TPSA) is 42.3 Å². The summed E-state index contributed by atoms with van der Waals surface area (Å²) in [6.45, 7) is 7.26. The molecule has 0 radical (unpaired) electrons. The van der Waals surface area contributed by atoms with Crippen LogP contribution in [-0.4, -0.2) is 30.4 Å². The molecule has 0 atom stereocenters. The Labute approximate surface area is 206 Å². The van der Waals surface area contributed by atoms with Gasteiger partial charge >= 0.3 is 0 Å². The van der Waals surface area contributed by atoms with Gasteiger partial charge in [-0.2, -0.15) is 4.31 Å². The van der Waals surface area contributed by atoms with Crippen LogP contribution in [-0.2, 0) is 16.6 Å². The molecule has 1 aliphatic heterocycles. The Hall–Kier alpha value is -3.22. The molecule has 0 amide bonds. The predicted molar refractivity (Wildman–Crippen MR) is 139 cm³/mol. The molecule has 0 bridgehead atoms. The molecule has 0 N–H and O–H groups in total. The van der Waals surface area contributed by atoms with Gasteiger partial charge in [0.1, 0.15) is 5.82 Å². The highest BCUT2D eigenvalue weighted by Gasteiger charge is 2.29. The molecule has 4 nitrogen and oxygen atoms in total. The number of para-hydroxylation sites is 1. The summed E-state index contributed by atoms with van der Waals surface area (Å²) in [7, 11) is -3.56. The average Bonchev–Trinajstić information content (AvgIpc) is 3.10. The molecule has 5 rings (SSSR count). The normalized spacial score (nSPS) is 14.9. The predicted octanol–water partition coefficient (Wildman–Crippen LogP) is 6.23. The number of hydrogen-bond donors (Lipinski definition) is 0. The number of sulfonamides is 1. The van der Waals surface area contributed by atoms with Gasteiger partial charge in [-0.3, -0.25) is 0 Å².